The van der Waals surface area contributed by atoms with E-state index in [1.54, 1.807) is 29.1 Å². The van der Waals surface area contributed by atoms with Gasteiger partial charge in [-0.05, 0) is 25.0 Å². The maximum absolute atomic E-state index is 11.0. The van der Waals surface area contributed by atoms with Crippen molar-refractivity contribution in [1.82, 2.24) is 15.1 Å². The Hall–Kier alpha value is -2.21. The average molecular weight is 258 g/mol. The lowest BCUT2D eigenvalue weighted by atomic mass is 10.3. The van der Waals surface area contributed by atoms with Gasteiger partial charge in [0.2, 0.25) is 0 Å². The standard InChI is InChI=1S/C13H14N4O2/c18-17(19)13-4-2-1-3-12(13)16-8-7-11(15-16)9-14-10-5-6-10/h1-4,7-8,10,14H,5-6,9H2. The highest BCUT2D eigenvalue weighted by atomic mass is 16.6. The fraction of sp³-hybridized carbons (Fsp3) is 0.308. The van der Waals surface area contributed by atoms with Gasteiger partial charge < -0.3 is 5.32 Å². The fourth-order valence-electron chi connectivity index (χ4n) is 1.94. The Morgan fingerprint density at radius 3 is 2.89 bits per heavy atom. The van der Waals surface area contributed by atoms with Crippen molar-refractivity contribution in [3.63, 3.8) is 0 Å². The number of hydrogen-bond acceptors (Lipinski definition) is 4. The summed E-state index contributed by atoms with van der Waals surface area (Å²) >= 11 is 0. The highest BCUT2D eigenvalue weighted by Crippen LogP contribution is 2.22. The summed E-state index contributed by atoms with van der Waals surface area (Å²) in [5.74, 6) is 0. The number of para-hydroxylation sites is 2. The first-order valence-corrected chi connectivity index (χ1v) is 6.26. The summed E-state index contributed by atoms with van der Waals surface area (Å²) in [5.41, 5.74) is 1.45. The van der Waals surface area contributed by atoms with E-state index in [4.69, 9.17) is 0 Å². The van der Waals surface area contributed by atoms with E-state index in [-0.39, 0.29) is 10.6 Å². The summed E-state index contributed by atoms with van der Waals surface area (Å²) in [6, 6.07) is 9.11. The second-order valence-electron chi connectivity index (χ2n) is 4.65. The quantitative estimate of drug-likeness (QED) is 0.658. The molecule has 0 bridgehead atoms. The van der Waals surface area contributed by atoms with E-state index >= 15 is 0 Å². The number of nitrogens with zero attached hydrogens (tertiary/aromatic N) is 3. The number of aromatic nitrogens is 2. The second-order valence-corrected chi connectivity index (χ2v) is 4.65. The van der Waals surface area contributed by atoms with Crippen LogP contribution in [0.15, 0.2) is 36.5 Å². The van der Waals surface area contributed by atoms with Gasteiger partial charge in [-0.3, -0.25) is 10.1 Å². The van der Waals surface area contributed by atoms with Gasteiger partial charge in [-0.1, -0.05) is 12.1 Å². The molecule has 1 N–H and O–H groups in total. The first-order valence-electron chi connectivity index (χ1n) is 6.26. The van der Waals surface area contributed by atoms with E-state index in [1.807, 2.05) is 6.07 Å². The lowest BCUT2D eigenvalue weighted by Gasteiger charge is -2.02. The molecule has 19 heavy (non-hydrogen) atoms. The molecule has 0 spiro atoms. The highest BCUT2D eigenvalue weighted by Gasteiger charge is 2.20. The fourth-order valence-corrected chi connectivity index (χ4v) is 1.94. The van der Waals surface area contributed by atoms with Crippen LogP contribution in [0.5, 0.6) is 0 Å². The van der Waals surface area contributed by atoms with E-state index in [0.29, 0.717) is 18.3 Å². The minimum absolute atomic E-state index is 0.0623. The van der Waals surface area contributed by atoms with Crippen LogP contribution in [-0.4, -0.2) is 20.7 Å². The molecule has 1 fully saturated rings. The van der Waals surface area contributed by atoms with Crippen molar-refractivity contribution in [3.05, 3.63) is 52.3 Å². The maximum Gasteiger partial charge on any atom is 0.294 e. The van der Waals surface area contributed by atoms with Crippen LogP contribution in [0, 0.1) is 10.1 Å². The third kappa shape index (κ3) is 2.63. The number of nitro groups is 1. The summed E-state index contributed by atoms with van der Waals surface area (Å²) in [6.07, 6.45) is 4.21. The minimum Gasteiger partial charge on any atom is -0.308 e. The van der Waals surface area contributed by atoms with Gasteiger partial charge in [0, 0.05) is 24.8 Å². The molecule has 0 aliphatic heterocycles. The van der Waals surface area contributed by atoms with Crippen LogP contribution in [0.2, 0.25) is 0 Å². The van der Waals surface area contributed by atoms with Crippen LogP contribution < -0.4 is 5.32 Å². The summed E-state index contributed by atoms with van der Waals surface area (Å²) in [7, 11) is 0. The van der Waals surface area contributed by atoms with Gasteiger partial charge >= 0.3 is 0 Å². The topological polar surface area (TPSA) is 73.0 Å². The molecular weight excluding hydrogens is 244 g/mol. The Morgan fingerprint density at radius 1 is 1.37 bits per heavy atom. The van der Waals surface area contributed by atoms with Gasteiger partial charge in [0.25, 0.3) is 5.69 Å². The number of rotatable bonds is 5. The average Bonchev–Trinajstić information content (AvgIpc) is 3.13. The third-order valence-electron chi connectivity index (χ3n) is 3.12. The minimum atomic E-state index is -0.390. The molecule has 1 aliphatic rings. The zero-order valence-corrected chi connectivity index (χ0v) is 10.3. The molecule has 1 saturated carbocycles. The second kappa shape index (κ2) is 4.81. The molecule has 0 amide bonds. The monoisotopic (exact) mass is 258 g/mol. The Kier molecular flexibility index (Phi) is 3.00. The summed E-state index contributed by atoms with van der Waals surface area (Å²) < 4.78 is 1.56. The van der Waals surface area contributed by atoms with E-state index in [2.05, 4.69) is 10.4 Å². The van der Waals surface area contributed by atoms with Crippen molar-refractivity contribution in [2.24, 2.45) is 0 Å². The Morgan fingerprint density at radius 2 is 2.16 bits per heavy atom. The van der Waals surface area contributed by atoms with Gasteiger partial charge in [-0.2, -0.15) is 5.10 Å². The lowest BCUT2D eigenvalue weighted by molar-refractivity contribution is -0.384. The molecule has 0 radical (unpaired) electrons. The van der Waals surface area contributed by atoms with E-state index < -0.39 is 0 Å². The van der Waals surface area contributed by atoms with Crippen LogP contribution in [0.25, 0.3) is 5.69 Å². The van der Waals surface area contributed by atoms with Crippen molar-refractivity contribution in [2.45, 2.75) is 25.4 Å². The SMILES string of the molecule is O=[N+]([O-])c1ccccc1-n1ccc(CNC2CC2)n1. The summed E-state index contributed by atoms with van der Waals surface area (Å²) in [4.78, 5) is 10.6. The van der Waals surface area contributed by atoms with Crippen molar-refractivity contribution < 1.29 is 4.92 Å². The Balaban J connectivity index is 1.83. The molecule has 1 heterocycles. The zero-order valence-electron chi connectivity index (χ0n) is 10.3. The van der Waals surface area contributed by atoms with Gasteiger partial charge in [0.15, 0.2) is 0 Å². The van der Waals surface area contributed by atoms with Crippen molar-refractivity contribution in [3.8, 4) is 5.69 Å². The molecule has 1 aliphatic carbocycles. The first kappa shape index (κ1) is 11.9. The number of benzene rings is 1. The molecular formula is C13H14N4O2. The smallest absolute Gasteiger partial charge is 0.294 e. The van der Waals surface area contributed by atoms with Crippen LogP contribution in [0.3, 0.4) is 0 Å². The third-order valence-corrected chi connectivity index (χ3v) is 3.12. The number of nitrogens with one attached hydrogen (secondary N) is 1. The van der Waals surface area contributed by atoms with Crippen molar-refractivity contribution in [2.75, 3.05) is 0 Å². The van der Waals surface area contributed by atoms with Crippen LogP contribution in [0.4, 0.5) is 5.69 Å². The normalized spacial score (nSPS) is 14.5. The molecule has 0 atom stereocenters. The van der Waals surface area contributed by atoms with Gasteiger partial charge in [0.1, 0.15) is 5.69 Å². The molecule has 6 heteroatoms. The van der Waals surface area contributed by atoms with Gasteiger partial charge in [0.05, 0.1) is 10.6 Å². The molecule has 1 aromatic heterocycles. The molecule has 0 unspecified atom stereocenters. The summed E-state index contributed by atoms with van der Waals surface area (Å²) in [5, 5.41) is 18.7. The van der Waals surface area contributed by atoms with Gasteiger partial charge in [-0.25, -0.2) is 4.68 Å². The van der Waals surface area contributed by atoms with Crippen molar-refractivity contribution >= 4 is 5.69 Å². The van der Waals surface area contributed by atoms with Crippen molar-refractivity contribution in [1.29, 1.82) is 0 Å². The predicted molar refractivity (Wildman–Crippen MR) is 70.1 cm³/mol. The zero-order chi connectivity index (χ0) is 13.2. The van der Waals surface area contributed by atoms with E-state index in [9.17, 15) is 10.1 Å². The molecule has 2 aromatic rings. The van der Waals surface area contributed by atoms with E-state index in [1.165, 1.54) is 18.9 Å². The molecule has 6 nitrogen and oxygen atoms in total. The predicted octanol–water partition coefficient (Wildman–Crippen LogP) is 2.03. The Labute approximate surface area is 110 Å². The molecule has 3 rings (SSSR count). The largest absolute Gasteiger partial charge is 0.308 e. The van der Waals surface area contributed by atoms with Crippen LogP contribution >= 0.6 is 0 Å². The highest BCUT2D eigenvalue weighted by molar-refractivity contribution is 5.51. The summed E-state index contributed by atoms with van der Waals surface area (Å²) in [6.45, 7) is 0.707. The van der Waals surface area contributed by atoms with Gasteiger partial charge in [-0.15, -0.1) is 0 Å². The molecule has 1 aromatic carbocycles. The van der Waals surface area contributed by atoms with E-state index in [0.717, 1.165) is 5.69 Å². The first-order chi connectivity index (χ1) is 9.24. The van der Waals surface area contributed by atoms with Crippen LogP contribution in [-0.2, 0) is 6.54 Å². The lowest BCUT2D eigenvalue weighted by Crippen LogP contribution is -2.15. The number of nitro benzene ring substituents is 1. The van der Waals surface area contributed by atoms with Crippen LogP contribution in [0.1, 0.15) is 18.5 Å². The molecule has 98 valence electrons. The Bertz CT molecular complexity index is 604. The number of hydrogen-bond donors (Lipinski definition) is 1. The molecule has 0 saturated heterocycles. The maximum atomic E-state index is 11.0.